The van der Waals surface area contributed by atoms with E-state index < -0.39 is 0 Å². The maximum absolute atomic E-state index is 12.9. The van der Waals surface area contributed by atoms with Gasteiger partial charge in [-0.15, -0.1) is 0 Å². The van der Waals surface area contributed by atoms with Crippen molar-refractivity contribution < 1.29 is 28.6 Å². The molecule has 0 radical (unpaired) electrons. The maximum Gasteiger partial charge on any atom is 0.260 e. The molecule has 0 saturated carbocycles. The number of ether oxygens (including phenoxy) is 3. The fraction of sp³-hybridized carbons (Fsp3) is 0.426. The number of rotatable bonds is 16. The minimum Gasteiger partial charge on any atom is -0.494 e. The summed E-state index contributed by atoms with van der Waals surface area (Å²) in [5.41, 5.74) is 6.29. The van der Waals surface area contributed by atoms with E-state index in [9.17, 15) is 14.4 Å². The number of fused-ring (bicyclic) bond motifs is 1. The number of piperidine rings is 1. The third kappa shape index (κ3) is 9.98. The first-order chi connectivity index (χ1) is 27.4. The molecule has 0 bridgehead atoms. The van der Waals surface area contributed by atoms with Crippen molar-refractivity contribution in [1.82, 2.24) is 15.1 Å². The van der Waals surface area contributed by atoms with Crippen LogP contribution in [-0.4, -0.2) is 80.1 Å². The van der Waals surface area contributed by atoms with Crippen LogP contribution in [0.4, 0.5) is 0 Å². The molecule has 2 heterocycles. The number of benzene rings is 4. The van der Waals surface area contributed by atoms with Crippen LogP contribution in [0.2, 0.25) is 0 Å². The first-order valence-electron chi connectivity index (χ1n) is 20.5. The lowest BCUT2D eigenvalue weighted by molar-refractivity contribution is -0.136. The van der Waals surface area contributed by atoms with E-state index in [1.165, 1.54) is 22.3 Å². The third-order valence-electron chi connectivity index (χ3n) is 11.5. The predicted molar refractivity (Wildman–Crippen MR) is 217 cm³/mol. The highest BCUT2D eigenvalue weighted by Gasteiger charge is 2.32. The Morgan fingerprint density at radius 1 is 0.696 bits per heavy atom. The molecule has 3 amide bonds. The van der Waals surface area contributed by atoms with Gasteiger partial charge in [0.2, 0.25) is 11.8 Å². The largest absolute Gasteiger partial charge is 0.494 e. The number of amides is 3. The van der Waals surface area contributed by atoms with Crippen LogP contribution in [0.3, 0.4) is 0 Å². The van der Waals surface area contributed by atoms with E-state index in [-0.39, 0.29) is 36.2 Å². The summed E-state index contributed by atoms with van der Waals surface area (Å²) in [4.78, 5) is 41.0. The lowest BCUT2D eigenvalue weighted by Crippen LogP contribution is -2.50. The average Bonchev–Trinajstić information content (AvgIpc) is 3.23. The van der Waals surface area contributed by atoms with Crippen molar-refractivity contribution >= 4 is 17.7 Å². The molecule has 9 nitrogen and oxygen atoms in total. The van der Waals surface area contributed by atoms with Gasteiger partial charge in [-0.25, -0.2) is 0 Å². The molecule has 1 N–H and O–H groups in total. The van der Waals surface area contributed by atoms with Gasteiger partial charge in [-0.2, -0.15) is 0 Å². The van der Waals surface area contributed by atoms with Gasteiger partial charge in [0.25, 0.3) is 5.91 Å². The lowest BCUT2D eigenvalue weighted by atomic mass is 9.69. The van der Waals surface area contributed by atoms with Crippen LogP contribution < -0.4 is 19.5 Å². The number of carbonyl (C=O) groups excluding carboxylic acids is 3. The van der Waals surface area contributed by atoms with Crippen molar-refractivity contribution in [1.29, 1.82) is 0 Å². The van der Waals surface area contributed by atoms with Crippen molar-refractivity contribution in [3.05, 3.63) is 125 Å². The normalized spacial score (nSPS) is 19.9. The molecule has 56 heavy (non-hydrogen) atoms. The van der Waals surface area contributed by atoms with Crippen LogP contribution in [-0.2, 0) is 20.8 Å². The van der Waals surface area contributed by atoms with E-state index in [0.29, 0.717) is 44.2 Å². The van der Waals surface area contributed by atoms with Gasteiger partial charge < -0.3 is 19.1 Å². The van der Waals surface area contributed by atoms with Crippen molar-refractivity contribution in [2.24, 2.45) is 0 Å². The number of hydrogen-bond donors (Lipinski definition) is 1. The molecule has 0 spiro atoms. The number of unbranched alkanes of at least 4 members (excludes halogenated alkanes) is 2. The second kappa shape index (κ2) is 19.1. The predicted octanol–water partition coefficient (Wildman–Crippen LogP) is 7.63. The van der Waals surface area contributed by atoms with Crippen LogP contribution in [0.15, 0.2) is 97.1 Å². The van der Waals surface area contributed by atoms with Crippen molar-refractivity contribution in [2.75, 3.05) is 52.5 Å². The summed E-state index contributed by atoms with van der Waals surface area (Å²) < 4.78 is 18.1. The molecule has 1 aliphatic carbocycles. The quantitative estimate of drug-likeness (QED) is 0.0928. The zero-order chi connectivity index (χ0) is 38.7. The van der Waals surface area contributed by atoms with Crippen molar-refractivity contribution in [3.63, 3.8) is 0 Å². The molecular weight excluding hydrogens is 703 g/mol. The Morgan fingerprint density at radius 2 is 1.43 bits per heavy atom. The summed E-state index contributed by atoms with van der Waals surface area (Å²) in [6, 6.07) is 33.7. The van der Waals surface area contributed by atoms with Gasteiger partial charge in [-0.1, -0.05) is 74.0 Å². The third-order valence-corrected chi connectivity index (χ3v) is 11.5. The molecule has 9 heteroatoms. The van der Waals surface area contributed by atoms with Crippen LogP contribution in [0.5, 0.6) is 17.2 Å². The van der Waals surface area contributed by atoms with E-state index in [1.807, 2.05) is 17.0 Å². The Kier molecular flexibility index (Phi) is 13.4. The summed E-state index contributed by atoms with van der Waals surface area (Å²) in [6.45, 7) is 7.56. The van der Waals surface area contributed by atoms with E-state index in [1.54, 1.807) is 12.1 Å². The second-order valence-electron chi connectivity index (χ2n) is 15.3. The van der Waals surface area contributed by atoms with E-state index in [4.69, 9.17) is 14.2 Å². The minimum absolute atomic E-state index is 0.0414. The van der Waals surface area contributed by atoms with E-state index >= 15 is 0 Å². The molecular formula is C47H55N3O6. The Bertz CT molecular complexity index is 1920. The van der Waals surface area contributed by atoms with E-state index in [0.717, 1.165) is 81.8 Å². The van der Waals surface area contributed by atoms with Gasteiger partial charge in [0, 0.05) is 38.5 Å². The van der Waals surface area contributed by atoms with Crippen LogP contribution in [0, 0.1) is 0 Å². The number of piperazine rings is 1. The van der Waals surface area contributed by atoms with Gasteiger partial charge in [0.1, 0.15) is 17.2 Å². The highest BCUT2D eigenvalue weighted by atomic mass is 16.5. The fourth-order valence-electron chi connectivity index (χ4n) is 8.38. The standard InChI is InChI=1S/C47H55N3O6/c1-2-3-29-55-40-19-21-42-37(32-40)16-20-41(34-10-5-4-6-11-34)46(42)35-14-17-38(18-15-35)54-30-8-7-24-49-25-27-50(28-26-49)45(52)33-56-39-13-9-12-36(31-39)43-22-23-44(51)48-47(43)53/h4-6,9-15,17-19,21,31-32,41,43,46H,2-3,7-8,16,20,22-30,33H2,1H3,(H,48,51,53)/t41-,43?,46+/m1/s1. The number of carbonyl (C=O) groups is 3. The van der Waals surface area contributed by atoms with Gasteiger partial charge in [0.15, 0.2) is 6.61 Å². The van der Waals surface area contributed by atoms with Crippen molar-refractivity contribution in [2.45, 2.75) is 76.0 Å². The topological polar surface area (TPSA) is 97.4 Å². The molecule has 0 aromatic heterocycles. The summed E-state index contributed by atoms with van der Waals surface area (Å²) in [7, 11) is 0. The van der Waals surface area contributed by atoms with Gasteiger partial charge >= 0.3 is 0 Å². The fourth-order valence-corrected chi connectivity index (χ4v) is 8.38. The maximum atomic E-state index is 12.9. The Labute approximate surface area is 331 Å². The highest BCUT2D eigenvalue weighted by molar-refractivity contribution is 6.01. The molecule has 2 aliphatic heterocycles. The number of nitrogens with zero attached hydrogens (tertiary/aromatic N) is 2. The SMILES string of the molecule is CCCCOc1ccc2c(c1)CC[C@H](c1ccccc1)[C@@H]2c1ccc(OCCCCN2CCN(C(=O)COc3cccc(C4CCC(=O)NC4=O)c3)CC2)cc1. The number of imide groups is 1. The smallest absolute Gasteiger partial charge is 0.260 e. The van der Waals surface area contributed by atoms with E-state index in [2.05, 4.69) is 89.9 Å². The van der Waals surface area contributed by atoms with Crippen LogP contribution >= 0.6 is 0 Å². The molecule has 1 unspecified atom stereocenters. The van der Waals surface area contributed by atoms with Crippen LogP contribution in [0.25, 0.3) is 0 Å². The molecule has 7 rings (SSSR count). The number of nitrogens with one attached hydrogen (secondary N) is 1. The van der Waals surface area contributed by atoms with Gasteiger partial charge in [-0.3, -0.25) is 24.6 Å². The number of aryl methyl sites for hydroxylation is 1. The van der Waals surface area contributed by atoms with Gasteiger partial charge in [-0.05, 0) is 115 Å². The lowest BCUT2D eigenvalue weighted by Gasteiger charge is -2.35. The molecule has 3 atom stereocenters. The molecule has 2 saturated heterocycles. The zero-order valence-corrected chi connectivity index (χ0v) is 32.6. The van der Waals surface area contributed by atoms with Crippen LogP contribution in [0.1, 0.15) is 97.4 Å². The van der Waals surface area contributed by atoms with Crippen molar-refractivity contribution in [3.8, 4) is 17.2 Å². The highest BCUT2D eigenvalue weighted by Crippen LogP contribution is 2.47. The molecule has 294 valence electrons. The Balaban J connectivity index is 0.840. The molecule has 4 aromatic rings. The summed E-state index contributed by atoms with van der Waals surface area (Å²) in [5.74, 6) is 2.15. The summed E-state index contributed by atoms with van der Waals surface area (Å²) in [5, 5.41) is 2.40. The Hall–Kier alpha value is -5.15. The first kappa shape index (κ1) is 39.1. The van der Waals surface area contributed by atoms with Gasteiger partial charge in [0.05, 0.1) is 19.1 Å². The summed E-state index contributed by atoms with van der Waals surface area (Å²) in [6.07, 6.45) is 7.12. The summed E-state index contributed by atoms with van der Waals surface area (Å²) >= 11 is 0. The average molecular weight is 758 g/mol. The molecule has 2 fully saturated rings. The number of hydrogen-bond acceptors (Lipinski definition) is 7. The molecule has 4 aromatic carbocycles. The zero-order valence-electron chi connectivity index (χ0n) is 32.6. The second-order valence-corrected chi connectivity index (χ2v) is 15.3. The monoisotopic (exact) mass is 757 g/mol. The first-order valence-corrected chi connectivity index (χ1v) is 20.5. The Morgan fingerprint density at radius 3 is 2.21 bits per heavy atom. The minimum atomic E-state index is -0.386. The molecule has 3 aliphatic rings.